The molecule has 2 heterocycles. The number of nitrogens with two attached hydrogens (primary N) is 1. The highest BCUT2D eigenvalue weighted by atomic mass is 35.5. The monoisotopic (exact) mass is 202 g/mol. The molecule has 1 atom stereocenters. The van der Waals surface area contributed by atoms with Gasteiger partial charge in [0.05, 0.1) is 9.34 Å². The van der Waals surface area contributed by atoms with E-state index in [1.54, 1.807) is 11.3 Å². The number of anilines is 1. The zero-order valence-corrected chi connectivity index (χ0v) is 8.24. The minimum Gasteiger partial charge on any atom is -0.362 e. The number of hydrogen-bond acceptors (Lipinski definition) is 3. The van der Waals surface area contributed by atoms with Crippen LogP contribution in [-0.4, -0.2) is 19.1 Å². The zero-order valence-electron chi connectivity index (χ0n) is 6.66. The molecule has 1 saturated heterocycles. The third-order valence-corrected chi connectivity index (χ3v) is 3.39. The Labute approximate surface area is 80.9 Å². The molecule has 0 aliphatic carbocycles. The molecule has 2 N–H and O–H groups in total. The van der Waals surface area contributed by atoms with Gasteiger partial charge < -0.3 is 10.6 Å². The lowest BCUT2D eigenvalue weighted by Gasteiger charge is -2.14. The minimum atomic E-state index is 0.339. The minimum absolute atomic E-state index is 0.339. The molecule has 12 heavy (non-hydrogen) atoms. The summed E-state index contributed by atoms with van der Waals surface area (Å²) in [6.45, 7) is 2.04. The summed E-state index contributed by atoms with van der Waals surface area (Å²) in [6, 6.07) is 4.34. The quantitative estimate of drug-likeness (QED) is 0.754. The van der Waals surface area contributed by atoms with Crippen LogP contribution in [0.3, 0.4) is 0 Å². The Balaban J connectivity index is 2.11. The molecule has 1 aliphatic rings. The smallest absolute Gasteiger partial charge is 0.0950 e. The third kappa shape index (κ3) is 1.58. The van der Waals surface area contributed by atoms with Crippen molar-refractivity contribution in [3.05, 3.63) is 16.5 Å². The zero-order chi connectivity index (χ0) is 8.55. The molecule has 2 nitrogen and oxygen atoms in total. The molecule has 1 unspecified atom stereocenters. The summed E-state index contributed by atoms with van der Waals surface area (Å²) < 4.78 is 0.852. The van der Waals surface area contributed by atoms with Gasteiger partial charge in [-0.25, -0.2) is 0 Å². The van der Waals surface area contributed by atoms with Crippen molar-refractivity contribution in [3.63, 3.8) is 0 Å². The summed E-state index contributed by atoms with van der Waals surface area (Å²) in [5.74, 6) is 0. The van der Waals surface area contributed by atoms with Gasteiger partial charge in [-0.3, -0.25) is 0 Å². The van der Waals surface area contributed by atoms with Crippen LogP contribution in [0.15, 0.2) is 12.1 Å². The summed E-state index contributed by atoms with van der Waals surface area (Å²) >= 11 is 7.46. The molecule has 0 spiro atoms. The van der Waals surface area contributed by atoms with E-state index in [1.165, 1.54) is 5.00 Å². The lowest BCUT2D eigenvalue weighted by atomic mass is 10.3. The predicted octanol–water partition coefficient (Wildman–Crippen LogP) is 1.94. The normalized spacial score (nSPS) is 23.5. The Morgan fingerprint density at radius 2 is 2.42 bits per heavy atom. The first-order valence-corrected chi connectivity index (χ1v) is 5.21. The van der Waals surface area contributed by atoms with Crippen molar-refractivity contribution < 1.29 is 0 Å². The Morgan fingerprint density at radius 3 is 2.92 bits per heavy atom. The molecule has 1 aliphatic heterocycles. The van der Waals surface area contributed by atoms with Crippen molar-refractivity contribution >= 4 is 27.9 Å². The molecule has 1 aromatic heterocycles. The maximum atomic E-state index is 5.84. The van der Waals surface area contributed by atoms with E-state index in [9.17, 15) is 0 Å². The van der Waals surface area contributed by atoms with Gasteiger partial charge in [0.2, 0.25) is 0 Å². The summed E-state index contributed by atoms with van der Waals surface area (Å²) in [7, 11) is 0. The second-order valence-corrected chi connectivity index (χ2v) is 4.77. The number of nitrogens with zero attached hydrogens (tertiary/aromatic N) is 1. The van der Waals surface area contributed by atoms with Crippen molar-refractivity contribution in [3.8, 4) is 0 Å². The average Bonchev–Trinajstić information content (AvgIpc) is 2.58. The SMILES string of the molecule is NC1CCN(c2ccc(Cl)s2)C1. The van der Waals surface area contributed by atoms with Crippen molar-refractivity contribution in [2.24, 2.45) is 5.73 Å². The summed E-state index contributed by atoms with van der Waals surface area (Å²) in [5, 5.41) is 1.24. The first-order chi connectivity index (χ1) is 5.75. The molecule has 0 bridgehead atoms. The Hall–Kier alpha value is -0.250. The standard InChI is InChI=1S/C8H11ClN2S/c9-7-1-2-8(12-7)11-4-3-6(10)5-11/h1-2,6H,3-5,10H2. The van der Waals surface area contributed by atoms with Gasteiger partial charge in [-0.1, -0.05) is 11.6 Å². The first-order valence-electron chi connectivity index (χ1n) is 4.01. The van der Waals surface area contributed by atoms with E-state index < -0.39 is 0 Å². The maximum Gasteiger partial charge on any atom is 0.0950 e. The summed E-state index contributed by atoms with van der Waals surface area (Å²) in [4.78, 5) is 2.29. The number of rotatable bonds is 1. The fourth-order valence-corrected chi connectivity index (χ4v) is 2.53. The highest BCUT2D eigenvalue weighted by Gasteiger charge is 2.20. The van der Waals surface area contributed by atoms with Crippen LogP contribution < -0.4 is 10.6 Å². The van der Waals surface area contributed by atoms with Crippen LogP contribution in [0, 0.1) is 0 Å². The van der Waals surface area contributed by atoms with E-state index in [2.05, 4.69) is 11.0 Å². The van der Waals surface area contributed by atoms with Crippen LogP contribution in [0.4, 0.5) is 5.00 Å². The van der Waals surface area contributed by atoms with Gasteiger partial charge in [0.25, 0.3) is 0 Å². The fraction of sp³-hybridized carbons (Fsp3) is 0.500. The molecule has 66 valence electrons. The molecule has 0 radical (unpaired) electrons. The lowest BCUT2D eigenvalue weighted by molar-refractivity contribution is 0.752. The molecular formula is C8H11ClN2S. The number of hydrogen-bond donors (Lipinski definition) is 1. The number of thiophene rings is 1. The van der Waals surface area contributed by atoms with Crippen LogP contribution in [-0.2, 0) is 0 Å². The molecule has 2 rings (SSSR count). The number of halogens is 1. The second-order valence-electron chi connectivity index (χ2n) is 3.07. The topological polar surface area (TPSA) is 29.3 Å². The van der Waals surface area contributed by atoms with Gasteiger partial charge >= 0.3 is 0 Å². The van der Waals surface area contributed by atoms with Gasteiger partial charge in [0, 0.05) is 19.1 Å². The van der Waals surface area contributed by atoms with Crippen molar-refractivity contribution in [2.45, 2.75) is 12.5 Å². The Morgan fingerprint density at radius 1 is 1.58 bits per heavy atom. The van der Waals surface area contributed by atoms with E-state index in [1.807, 2.05) is 6.07 Å². The van der Waals surface area contributed by atoms with E-state index in [0.29, 0.717) is 6.04 Å². The first kappa shape index (κ1) is 8.35. The van der Waals surface area contributed by atoms with Crippen LogP contribution in [0.2, 0.25) is 4.34 Å². The highest BCUT2D eigenvalue weighted by Crippen LogP contribution is 2.31. The third-order valence-electron chi connectivity index (χ3n) is 2.10. The van der Waals surface area contributed by atoms with Crippen molar-refractivity contribution in [2.75, 3.05) is 18.0 Å². The molecule has 4 heteroatoms. The largest absolute Gasteiger partial charge is 0.362 e. The Kier molecular flexibility index (Phi) is 2.26. The van der Waals surface area contributed by atoms with Crippen LogP contribution in [0.5, 0.6) is 0 Å². The van der Waals surface area contributed by atoms with E-state index in [0.717, 1.165) is 23.8 Å². The molecule has 1 fully saturated rings. The van der Waals surface area contributed by atoms with E-state index in [-0.39, 0.29) is 0 Å². The Bertz CT molecular complexity index is 274. The summed E-state index contributed by atoms with van der Waals surface area (Å²) in [5.41, 5.74) is 5.80. The van der Waals surface area contributed by atoms with Gasteiger partial charge in [-0.2, -0.15) is 0 Å². The lowest BCUT2D eigenvalue weighted by Crippen LogP contribution is -2.25. The van der Waals surface area contributed by atoms with E-state index in [4.69, 9.17) is 17.3 Å². The van der Waals surface area contributed by atoms with Crippen LogP contribution in [0.1, 0.15) is 6.42 Å². The maximum absolute atomic E-state index is 5.84. The van der Waals surface area contributed by atoms with Crippen LogP contribution >= 0.6 is 22.9 Å². The second kappa shape index (κ2) is 3.24. The highest BCUT2D eigenvalue weighted by molar-refractivity contribution is 7.19. The van der Waals surface area contributed by atoms with Gasteiger partial charge in [0.1, 0.15) is 0 Å². The van der Waals surface area contributed by atoms with Gasteiger partial charge in [-0.15, -0.1) is 11.3 Å². The van der Waals surface area contributed by atoms with Crippen molar-refractivity contribution in [1.29, 1.82) is 0 Å². The van der Waals surface area contributed by atoms with Gasteiger partial charge in [-0.05, 0) is 18.6 Å². The van der Waals surface area contributed by atoms with Crippen molar-refractivity contribution in [1.82, 2.24) is 0 Å². The predicted molar refractivity (Wildman–Crippen MR) is 54.1 cm³/mol. The molecule has 0 saturated carbocycles. The molecule has 0 aromatic carbocycles. The van der Waals surface area contributed by atoms with E-state index >= 15 is 0 Å². The van der Waals surface area contributed by atoms with Gasteiger partial charge in [0.15, 0.2) is 0 Å². The molecule has 1 aromatic rings. The van der Waals surface area contributed by atoms with Crippen LogP contribution in [0.25, 0.3) is 0 Å². The molecular weight excluding hydrogens is 192 g/mol. The molecule has 0 amide bonds. The average molecular weight is 203 g/mol. The fourth-order valence-electron chi connectivity index (χ4n) is 1.46. The summed E-state index contributed by atoms with van der Waals surface area (Å²) in [6.07, 6.45) is 1.09.